The number of nitrogens with zero attached hydrogens (tertiary/aromatic N) is 2. The zero-order valence-corrected chi connectivity index (χ0v) is 20.5. The van der Waals surface area contributed by atoms with Crippen LogP contribution in [0.25, 0.3) is 0 Å². The number of halogens is 1. The molecule has 3 rings (SSSR count). The second kappa shape index (κ2) is 10.7. The molecule has 2 aromatic carbocycles. The van der Waals surface area contributed by atoms with Gasteiger partial charge in [0.15, 0.2) is 0 Å². The minimum absolute atomic E-state index is 0.333. The number of nitrogens with one attached hydrogen (secondary N) is 1. The third-order valence-electron chi connectivity index (χ3n) is 5.84. The zero-order valence-electron chi connectivity index (χ0n) is 19.0. The second-order valence-electron chi connectivity index (χ2n) is 8.54. The topological polar surface area (TPSA) is 69.7 Å². The summed E-state index contributed by atoms with van der Waals surface area (Å²) in [6, 6.07) is 12.3. The first-order valence-electron chi connectivity index (χ1n) is 11.0. The van der Waals surface area contributed by atoms with Gasteiger partial charge in [-0.15, -0.1) is 0 Å². The number of sulfonamides is 1. The van der Waals surface area contributed by atoms with E-state index in [1.807, 2.05) is 12.1 Å². The molecule has 32 heavy (non-hydrogen) atoms. The predicted molar refractivity (Wildman–Crippen MR) is 130 cm³/mol. The summed E-state index contributed by atoms with van der Waals surface area (Å²) in [4.78, 5) is 15.3. The van der Waals surface area contributed by atoms with Gasteiger partial charge in [-0.3, -0.25) is 14.0 Å². The molecule has 0 radical (unpaired) electrons. The first kappa shape index (κ1) is 24.6. The van der Waals surface area contributed by atoms with Gasteiger partial charge in [0.25, 0.3) is 0 Å². The van der Waals surface area contributed by atoms with Gasteiger partial charge in [0.1, 0.15) is 6.04 Å². The van der Waals surface area contributed by atoms with E-state index >= 15 is 0 Å². The maximum absolute atomic E-state index is 12.8. The van der Waals surface area contributed by atoms with E-state index in [4.69, 9.17) is 11.6 Å². The number of rotatable bonds is 8. The molecule has 1 N–H and O–H groups in total. The zero-order chi connectivity index (χ0) is 23.3. The highest BCUT2D eigenvalue weighted by Crippen LogP contribution is 2.28. The quantitative estimate of drug-likeness (QED) is 0.621. The molecule has 0 bridgehead atoms. The highest BCUT2D eigenvalue weighted by Gasteiger charge is 2.30. The number of hydrogen-bond acceptors (Lipinski definition) is 4. The van der Waals surface area contributed by atoms with Gasteiger partial charge in [0, 0.05) is 18.1 Å². The van der Waals surface area contributed by atoms with Gasteiger partial charge in [-0.2, -0.15) is 0 Å². The first-order chi connectivity index (χ1) is 15.1. The maximum atomic E-state index is 12.8. The van der Waals surface area contributed by atoms with Gasteiger partial charge in [0.05, 0.1) is 11.9 Å². The summed E-state index contributed by atoms with van der Waals surface area (Å²) >= 11 is 6.09. The molecule has 1 amide bonds. The fraction of sp³-hybridized carbons (Fsp3) is 0.458. The predicted octanol–water partition coefficient (Wildman–Crippen LogP) is 4.11. The lowest BCUT2D eigenvalue weighted by atomic mass is 10.1. The van der Waals surface area contributed by atoms with Crippen LogP contribution in [0.15, 0.2) is 42.5 Å². The van der Waals surface area contributed by atoms with Gasteiger partial charge < -0.3 is 5.32 Å². The Morgan fingerprint density at radius 2 is 1.72 bits per heavy atom. The van der Waals surface area contributed by atoms with Crippen LogP contribution in [0.1, 0.15) is 42.9 Å². The number of anilines is 1. The van der Waals surface area contributed by atoms with Gasteiger partial charge in [-0.1, -0.05) is 48.4 Å². The molecule has 1 saturated heterocycles. The molecule has 1 aliphatic heterocycles. The van der Waals surface area contributed by atoms with Gasteiger partial charge in [0.2, 0.25) is 15.9 Å². The molecule has 8 heteroatoms. The number of hydrogen-bond donors (Lipinski definition) is 1. The number of likely N-dealkylation sites (tertiary alicyclic amines) is 1. The molecule has 174 valence electrons. The summed E-state index contributed by atoms with van der Waals surface area (Å²) in [5.41, 5.74) is 3.36. The largest absolute Gasteiger partial charge is 0.350 e. The summed E-state index contributed by atoms with van der Waals surface area (Å²) in [7, 11) is -3.70. The van der Waals surface area contributed by atoms with Crippen LogP contribution in [0.3, 0.4) is 0 Å². The molecule has 1 unspecified atom stereocenters. The first-order valence-corrected chi connectivity index (χ1v) is 13.2. The van der Waals surface area contributed by atoms with Crippen LogP contribution < -0.4 is 9.62 Å². The van der Waals surface area contributed by atoms with Crippen molar-refractivity contribution in [2.24, 2.45) is 0 Å². The Morgan fingerprint density at radius 3 is 2.34 bits per heavy atom. The van der Waals surface area contributed by atoms with Crippen LogP contribution in [-0.4, -0.2) is 44.6 Å². The third kappa shape index (κ3) is 6.47. The number of carbonyl (C=O) groups is 1. The van der Waals surface area contributed by atoms with Gasteiger partial charge in [-0.25, -0.2) is 8.42 Å². The lowest BCUT2D eigenvalue weighted by molar-refractivity contribution is -0.122. The maximum Gasteiger partial charge on any atom is 0.243 e. The monoisotopic (exact) mass is 477 g/mol. The van der Waals surface area contributed by atoms with Crippen molar-refractivity contribution < 1.29 is 13.2 Å². The molecule has 1 fully saturated rings. The van der Waals surface area contributed by atoms with Crippen molar-refractivity contribution in [1.29, 1.82) is 0 Å². The van der Waals surface area contributed by atoms with Crippen molar-refractivity contribution in [2.75, 3.05) is 23.7 Å². The van der Waals surface area contributed by atoms with Crippen LogP contribution in [0.5, 0.6) is 0 Å². The molecule has 1 heterocycles. The molecule has 2 aromatic rings. The highest BCUT2D eigenvalue weighted by molar-refractivity contribution is 7.92. The van der Waals surface area contributed by atoms with Gasteiger partial charge >= 0.3 is 0 Å². The molecule has 1 atom stereocenters. The summed E-state index contributed by atoms with van der Waals surface area (Å²) in [6.45, 7) is 6.96. The Morgan fingerprint density at radius 1 is 1.09 bits per heavy atom. The molecule has 0 saturated carbocycles. The Kier molecular flexibility index (Phi) is 8.20. The van der Waals surface area contributed by atoms with E-state index in [2.05, 4.69) is 22.3 Å². The fourth-order valence-electron chi connectivity index (χ4n) is 4.08. The number of benzene rings is 2. The van der Waals surface area contributed by atoms with Crippen LogP contribution >= 0.6 is 11.6 Å². The lowest BCUT2D eigenvalue weighted by Gasteiger charge is -2.29. The smallest absolute Gasteiger partial charge is 0.243 e. The number of aryl methyl sites for hydroxylation is 1. The summed E-state index contributed by atoms with van der Waals surface area (Å²) in [5.74, 6) is -0.368. The van der Waals surface area contributed by atoms with Crippen LogP contribution in [-0.2, 0) is 27.9 Å². The van der Waals surface area contributed by atoms with Gasteiger partial charge in [-0.05, 0) is 68.6 Å². The molecule has 0 aromatic heterocycles. The number of amides is 1. The van der Waals surface area contributed by atoms with Crippen molar-refractivity contribution in [1.82, 2.24) is 10.2 Å². The van der Waals surface area contributed by atoms with E-state index < -0.39 is 16.1 Å². The second-order valence-corrected chi connectivity index (χ2v) is 10.8. The summed E-state index contributed by atoms with van der Waals surface area (Å²) in [5, 5.41) is 3.28. The average Bonchev–Trinajstić information content (AvgIpc) is 2.75. The third-order valence-corrected chi connectivity index (χ3v) is 7.30. The van der Waals surface area contributed by atoms with Crippen molar-refractivity contribution in [3.8, 4) is 0 Å². The van der Waals surface area contributed by atoms with E-state index in [1.54, 1.807) is 32.0 Å². The summed E-state index contributed by atoms with van der Waals surface area (Å²) < 4.78 is 26.2. The van der Waals surface area contributed by atoms with E-state index in [9.17, 15) is 13.2 Å². The van der Waals surface area contributed by atoms with Crippen molar-refractivity contribution in [2.45, 2.75) is 52.2 Å². The van der Waals surface area contributed by atoms with Crippen molar-refractivity contribution >= 4 is 33.2 Å². The average molecular weight is 478 g/mol. The Balaban J connectivity index is 1.64. The van der Waals surface area contributed by atoms with Crippen molar-refractivity contribution in [3.63, 3.8) is 0 Å². The number of carbonyl (C=O) groups excluding carboxylic acids is 1. The molecule has 1 aliphatic rings. The fourth-order valence-corrected chi connectivity index (χ4v) is 5.47. The van der Waals surface area contributed by atoms with E-state index in [1.165, 1.54) is 24.8 Å². The molecular formula is C24H32ClN3O3S. The van der Waals surface area contributed by atoms with Crippen LogP contribution in [0.2, 0.25) is 5.02 Å². The Bertz CT molecular complexity index is 1030. The molecular weight excluding hydrogens is 446 g/mol. The minimum atomic E-state index is -3.70. The SMILES string of the molecule is Cc1ccc(Cl)cc1N(C(C)C(=O)NCc1ccc(CN2CCCCC2)cc1)S(C)(=O)=O. The van der Waals surface area contributed by atoms with Crippen LogP contribution in [0, 0.1) is 6.92 Å². The standard InChI is InChI=1S/C24H32ClN3O3S/c1-18-7-12-22(25)15-23(18)28(32(3,30)31)19(2)24(29)26-16-20-8-10-21(11-9-20)17-27-13-5-4-6-14-27/h7-12,15,19H,4-6,13-14,16-17H2,1-3H3,(H,26,29). The molecule has 0 spiro atoms. The lowest BCUT2D eigenvalue weighted by Crippen LogP contribution is -2.48. The van der Waals surface area contributed by atoms with Crippen molar-refractivity contribution in [3.05, 3.63) is 64.2 Å². The van der Waals surface area contributed by atoms with E-state index in [0.717, 1.165) is 41.3 Å². The minimum Gasteiger partial charge on any atom is -0.350 e. The van der Waals surface area contributed by atoms with E-state index in [-0.39, 0.29) is 5.91 Å². The van der Waals surface area contributed by atoms with Crippen LogP contribution in [0.4, 0.5) is 5.69 Å². The number of piperidine rings is 1. The highest BCUT2D eigenvalue weighted by atomic mass is 35.5. The van der Waals surface area contributed by atoms with E-state index in [0.29, 0.717) is 17.3 Å². The summed E-state index contributed by atoms with van der Waals surface area (Å²) in [6.07, 6.45) is 4.95. The Hall–Kier alpha value is -2.09. The Labute approximate surface area is 196 Å². The molecule has 6 nitrogen and oxygen atoms in total. The molecule has 0 aliphatic carbocycles. The normalized spacial score (nSPS) is 15.9.